The quantitative estimate of drug-likeness (QED) is 0.329. The van der Waals surface area contributed by atoms with Crippen LogP contribution in [-0.2, 0) is 11.3 Å². The highest BCUT2D eigenvalue weighted by Crippen LogP contribution is 2.34. The van der Waals surface area contributed by atoms with Crippen molar-refractivity contribution in [2.45, 2.75) is 19.1 Å². The molecule has 4 aromatic rings. The van der Waals surface area contributed by atoms with Crippen molar-refractivity contribution in [3.8, 4) is 27.2 Å². The van der Waals surface area contributed by atoms with Gasteiger partial charge in [0.2, 0.25) is 0 Å². The summed E-state index contributed by atoms with van der Waals surface area (Å²) in [5.41, 5.74) is 4.68. The van der Waals surface area contributed by atoms with E-state index < -0.39 is 12.1 Å². The van der Waals surface area contributed by atoms with Gasteiger partial charge < -0.3 is 10.1 Å². The molecule has 0 unspecified atom stereocenters. The molecule has 198 valence electrons. The smallest absolute Gasteiger partial charge is 0.475 e. The van der Waals surface area contributed by atoms with E-state index in [-0.39, 0.29) is 0 Å². The third kappa shape index (κ3) is 7.19. The first kappa shape index (κ1) is 27.3. The molecule has 0 bridgehead atoms. The van der Waals surface area contributed by atoms with Crippen LogP contribution in [-0.4, -0.2) is 69.7 Å². The summed E-state index contributed by atoms with van der Waals surface area (Å²) in [7, 11) is 0. The van der Waals surface area contributed by atoms with E-state index in [4.69, 9.17) is 20.1 Å². The van der Waals surface area contributed by atoms with Crippen molar-refractivity contribution in [1.29, 1.82) is 5.26 Å². The van der Waals surface area contributed by atoms with Gasteiger partial charge in [-0.15, -0.1) is 11.3 Å². The van der Waals surface area contributed by atoms with E-state index in [9.17, 15) is 13.2 Å². The lowest BCUT2D eigenvalue weighted by molar-refractivity contribution is -0.192. The highest BCUT2D eigenvalue weighted by atomic mass is 32.1. The van der Waals surface area contributed by atoms with Gasteiger partial charge in [0, 0.05) is 50.6 Å². The second-order valence-corrected chi connectivity index (χ2v) is 9.88. The van der Waals surface area contributed by atoms with Gasteiger partial charge in [-0.1, -0.05) is 30.3 Å². The number of H-pyrrole nitrogens is 1. The fourth-order valence-electron chi connectivity index (χ4n) is 4.15. The van der Waals surface area contributed by atoms with Crippen LogP contribution in [0.2, 0.25) is 0 Å². The Bertz CT molecular complexity index is 1380. The number of imidazole rings is 1. The van der Waals surface area contributed by atoms with Crippen LogP contribution in [0.3, 0.4) is 0 Å². The first-order valence-electron chi connectivity index (χ1n) is 12.0. The number of nitriles is 1. The Labute approximate surface area is 221 Å². The predicted octanol–water partition coefficient (Wildman–Crippen LogP) is 5.62. The minimum atomic E-state index is -5.08. The summed E-state index contributed by atoms with van der Waals surface area (Å²) >= 11 is 1.78. The van der Waals surface area contributed by atoms with Gasteiger partial charge in [-0.2, -0.15) is 18.4 Å². The zero-order chi connectivity index (χ0) is 27.1. The Balaban J connectivity index is 0.000000426. The highest BCUT2D eigenvalue weighted by molar-refractivity contribution is 7.18. The zero-order valence-electron chi connectivity index (χ0n) is 20.4. The molecule has 0 amide bonds. The largest absolute Gasteiger partial charge is 0.490 e. The molecule has 0 saturated carbocycles. The number of aromatic nitrogens is 2. The number of piperazine rings is 1. The van der Waals surface area contributed by atoms with Crippen molar-refractivity contribution in [3.05, 3.63) is 66.2 Å². The average molecular weight is 542 g/mol. The number of carbonyl (C=O) groups is 1. The minimum absolute atomic E-state index is 0.624. The molecule has 1 fully saturated rings. The van der Waals surface area contributed by atoms with Gasteiger partial charge in [-0.05, 0) is 41.5 Å². The fraction of sp³-hybridized carbons (Fsp3) is 0.296. The van der Waals surface area contributed by atoms with Gasteiger partial charge in [-0.25, -0.2) is 9.78 Å². The summed E-state index contributed by atoms with van der Waals surface area (Å²) in [6.45, 7) is 6.09. The molecule has 38 heavy (non-hydrogen) atoms. The van der Waals surface area contributed by atoms with Gasteiger partial charge in [0.05, 0.1) is 22.0 Å². The van der Waals surface area contributed by atoms with Crippen LogP contribution in [0.1, 0.15) is 12.0 Å². The molecule has 0 spiro atoms. The van der Waals surface area contributed by atoms with E-state index in [1.165, 1.54) is 16.0 Å². The summed E-state index contributed by atoms with van der Waals surface area (Å²) in [5.74, 6) is -1.82. The van der Waals surface area contributed by atoms with Crippen LogP contribution >= 0.6 is 11.3 Å². The number of fused-ring (bicyclic) bond motifs is 1. The number of nitrogens with one attached hydrogen (secondary N) is 1. The molecule has 5 rings (SSSR count). The number of halogens is 3. The van der Waals surface area contributed by atoms with Crippen LogP contribution in [0, 0.1) is 11.3 Å². The third-order valence-electron chi connectivity index (χ3n) is 6.09. The number of para-hydroxylation sites is 2. The molecule has 7 nitrogen and oxygen atoms in total. The van der Waals surface area contributed by atoms with E-state index in [1.54, 1.807) is 11.3 Å². The Morgan fingerprint density at radius 1 is 1.03 bits per heavy atom. The number of hydrogen-bond acceptors (Lipinski definition) is 6. The predicted molar refractivity (Wildman–Crippen MR) is 140 cm³/mol. The number of thiophene rings is 1. The van der Waals surface area contributed by atoms with Crippen LogP contribution in [0.25, 0.3) is 32.2 Å². The maximum atomic E-state index is 10.6. The molecule has 3 heterocycles. The Hall–Kier alpha value is -3.72. The number of carboxylic acids is 1. The summed E-state index contributed by atoms with van der Waals surface area (Å²) in [6, 6.07) is 23.6. The Morgan fingerprint density at radius 3 is 2.39 bits per heavy atom. The first-order valence-corrected chi connectivity index (χ1v) is 12.8. The van der Waals surface area contributed by atoms with Crippen LogP contribution in [0.4, 0.5) is 13.2 Å². The summed E-state index contributed by atoms with van der Waals surface area (Å²) in [5, 5.41) is 15.9. The van der Waals surface area contributed by atoms with Crippen molar-refractivity contribution >= 4 is 28.3 Å². The van der Waals surface area contributed by atoms with E-state index in [1.807, 2.05) is 18.2 Å². The van der Waals surface area contributed by atoms with E-state index in [0.717, 1.165) is 61.0 Å². The lowest BCUT2D eigenvalue weighted by Crippen LogP contribution is -2.46. The number of carboxylic acid groups (broad SMARTS) is 1. The zero-order valence-corrected chi connectivity index (χ0v) is 21.2. The van der Waals surface area contributed by atoms with Crippen LogP contribution < -0.4 is 0 Å². The molecule has 2 aromatic carbocycles. The molecule has 1 saturated heterocycles. The molecule has 11 heteroatoms. The summed E-state index contributed by atoms with van der Waals surface area (Å²) in [6.07, 6.45) is -4.46. The maximum Gasteiger partial charge on any atom is 0.490 e. The second kappa shape index (κ2) is 12.2. The molecule has 1 aliphatic rings. The summed E-state index contributed by atoms with van der Waals surface area (Å²) < 4.78 is 31.7. The fourth-order valence-corrected chi connectivity index (χ4v) is 5.10. The van der Waals surface area contributed by atoms with E-state index >= 15 is 0 Å². The molecule has 0 radical (unpaired) electrons. The molecule has 1 aliphatic heterocycles. The lowest BCUT2D eigenvalue weighted by Gasteiger charge is -2.34. The van der Waals surface area contributed by atoms with Crippen molar-refractivity contribution in [2.75, 3.05) is 32.7 Å². The number of hydrogen-bond donors (Lipinski definition) is 2. The van der Waals surface area contributed by atoms with Crippen molar-refractivity contribution in [1.82, 2.24) is 19.8 Å². The maximum absolute atomic E-state index is 10.6. The SMILES string of the molecule is N#CCCN1CCN(Cc2cccc(-c3ccc(-c4nc5ccccc5[nH]4)s3)c2)CC1.O=C(O)C(F)(F)F. The van der Waals surface area contributed by atoms with Gasteiger partial charge in [0.25, 0.3) is 0 Å². The topological polar surface area (TPSA) is 96.3 Å². The normalized spacial score (nSPS) is 14.6. The Morgan fingerprint density at radius 2 is 1.71 bits per heavy atom. The molecule has 0 atom stereocenters. The van der Waals surface area contributed by atoms with Gasteiger partial charge >= 0.3 is 12.1 Å². The lowest BCUT2D eigenvalue weighted by atomic mass is 10.1. The van der Waals surface area contributed by atoms with Crippen molar-refractivity contribution in [2.24, 2.45) is 0 Å². The van der Waals surface area contributed by atoms with Crippen LogP contribution in [0.5, 0.6) is 0 Å². The van der Waals surface area contributed by atoms with E-state index in [0.29, 0.717) is 6.42 Å². The molecule has 2 N–H and O–H groups in total. The number of benzene rings is 2. The number of rotatable bonds is 6. The summed E-state index contributed by atoms with van der Waals surface area (Å²) in [4.78, 5) is 24.4. The molecular formula is C27H26F3N5O2S. The van der Waals surface area contributed by atoms with Gasteiger partial charge in [0.1, 0.15) is 5.82 Å². The number of alkyl halides is 3. The standard InChI is InChI=1S/C25H25N5S.C2HF3O2/c26-11-4-12-29-13-15-30(16-14-29)18-19-5-3-6-20(17-19)23-9-10-24(31-23)25-27-21-7-1-2-8-22(21)28-25;3-2(4,5)1(6)7/h1-3,5-10,17H,4,12-16,18H2,(H,27,28);(H,6,7). The van der Waals surface area contributed by atoms with Crippen molar-refractivity contribution in [3.63, 3.8) is 0 Å². The second-order valence-electron chi connectivity index (χ2n) is 8.80. The number of aromatic amines is 1. The van der Waals surface area contributed by atoms with Crippen LogP contribution in [0.15, 0.2) is 60.7 Å². The Kier molecular flexibility index (Phi) is 8.78. The minimum Gasteiger partial charge on any atom is -0.475 e. The van der Waals surface area contributed by atoms with E-state index in [2.05, 4.69) is 63.3 Å². The first-order chi connectivity index (χ1) is 18.2. The van der Waals surface area contributed by atoms with Gasteiger partial charge in [0.15, 0.2) is 0 Å². The third-order valence-corrected chi connectivity index (χ3v) is 7.23. The molecular weight excluding hydrogens is 515 g/mol. The molecule has 2 aromatic heterocycles. The van der Waals surface area contributed by atoms with Crippen molar-refractivity contribution < 1.29 is 23.1 Å². The highest BCUT2D eigenvalue weighted by Gasteiger charge is 2.38. The molecule has 0 aliphatic carbocycles. The van der Waals surface area contributed by atoms with Gasteiger partial charge in [-0.3, -0.25) is 9.80 Å². The average Bonchev–Trinajstić information content (AvgIpc) is 3.56. The number of aliphatic carboxylic acids is 1. The number of nitrogens with zero attached hydrogens (tertiary/aromatic N) is 4. The monoisotopic (exact) mass is 541 g/mol.